The first kappa shape index (κ1) is 14.0. The van der Waals surface area contributed by atoms with Crippen LogP contribution >= 0.6 is 0 Å². The summed E-state index contributed by atoms with van der Waals surface area (Å²) in [4.78, 5) is 2.61. The number of rotatable bonds is 4. The number of hydrogen-bond acceptors (Lipinski definition) is 2. The molecule has 3 unspecified atom stereocenters. The molecule has 1 aromatic carbocycles. The zero-order valence-electron chi connectivity index (χ0n) is 12.3. The highest BCUT2D eigenvalue weighted by Gasteiger charge is 2.35. The van der Waals surface area contributed by atoms with Gasteiger partial charge in [0.2, 0.25) is 0 Å². The molecule has 0 spiro atoms. The van der Waals surface area contributed by atoms with Crippen molar-refractivity contribution >= 4 is 0 Å². The van der Waals surface area contributed by atoms with E-state index in [2.05, 4.69) is 17.1 Å². The molecule has 20 heavy (non-hydrogen) atoms. The summed E-state index contributed by atoms with van der Waals surface area (Å²) in [5.74, 6) is -0.0610. The number of hydrogen-bond donors (Lipinski definition) is 1. The van der Waals surface area contributed by atoms with Gasteiger partial charge in [0.15, 0.2) is 0 Å². The summed E-state index contributed by atoms with van der Waals surface area (Å²) in [5.41, 5.74) is 0.852. The van der Waals surface area contributed by atoms with Crippen LogP contribution in [-0.2, 0) is 6.42 Å². The van der Waals surface area contributed by atoms with E-state index in [1.54, 1.807) is 12.1 Å². The van der Waals surface area contributed by atoms with Gasteiger partial charge in [0.05, 0.1) is 0 Å². The standard InChI is InChI=1S/C17H25FN2/c1-13(12-14-6-2-3-7-15(14)18)20-11-5-9-17(20)16-8-4-10-19-16/h2-3,6-7,13,16-17,19H,4-5,8-12H2,1H3. The first-order valence-electron chi connectivity index (χ1n) is 7.98. The van der Waals surface area contributed by atoms with Gasteiger partial charge in [-0.3, -0.25) is 4.90 Å². The molecule has 0 bridgehead atoms. The highest BCUT2D eigenvalue weighted by molar-refractivity contribution is 5.18. The molecule has 1 N–H and O–H groups in total. The van der Waals surface area contributed by atoms with Gasteiger partial charge >= 0.3 is 0 Å². The zero-order chi connectivity index (χ0) is 13.9. The van der Waals surface area contributed by atoms with Crippen LogP contribution in [0.2, 0.25) is 0 Å². The average molecular weight is 276 g/mol. The summed E-state index contributed by atoms with van der Waals surface area (Å²) in [6.07, 6.45) is 5.99. The maximum absolute atomic E-state index is 13.8. The van der Waals surface area contributed by atoms with Crippen LogP contribution in [-0.4, -0.2) is 36.1 Å². The molecular weight excluding hydrogens is 251 g/mol. The predicted octanol–water partition coefficient (Wildman–Crippen LogP) is 2.97. The van der Waals surface area contributed by atoms with Crippen molar-refractivity contribution < 1.29 is 4.39 Å². The lowest BCUT2D eigenvalue weighted by Crippen LogP contribution is -2.48. The molecule has 0 aliphatic carbocycles. The van der Waals surface area contributed by atoms with E-state index in [9.17, 15) is 4.39 Å². The Bertz CT molecular complexity index is 442. The Labute approximate surface area is 121 Å². The Morgan fingerprint density at radius 1 is 1.30 bits per heavy atom. The van der Waals surface area contributed by atoms with Gasteiger partial charge in [-0.05, 0) is 63.7 Å². The topological polar surface area (TPSA) is 15.3 Å². The second-order valence-corrected chi connectivity index (χ2v) is 6.29. The first-order valence-corrected chi connectivity index (χ1v) is 7.98. The van der Waals surface area contributed by atoms with Crippen LogP contribution in [0.1, 0.15) is 38.2 Å². The van der Waals surface area contributed by atoms with E-state index in [4.69, 9.17) is 0 Å². The molecule has 2 saturated heterocycles. The van der Waals surface area contributed by atoms with E-state index in [0.717, 1.165) is 18.5 Å². The second kappa shape index (κ2) is 6.23. The van der Waals surface area contributed by atoms with E-state index < -0.39 is 0 Å². The molecular formula is C17H25FN2. The molecule has 2 heterocycles. The number of nitrogens with one attached hydrogen (secondary N) is 1. The predicted molar refractivity (Wildman–Crippen MR) is 80.3 cm³/mol. The Balaban J connectivity index is 1.66. The number of nitrogens with zero attached hydrogens (tertiary/aromatic N) is 1. The van der Waals surface area contributed by atoms with Crippen LogP contribution in [0.5, 0.6) is 0 Å². The summed E-state index contributed by atoms with van der Waals surface area (Å²) >= 11 is 0. The minimum absolute atomic E-state index is 0.0610. The third-order valence-electron chi connectivity index (χ3n) is 4.94. The molecule has 0 saturated carbocycles. The normalized spacial score (nSPS) is 28.9. The van der Waals surface area contributed by atoms with Gasteiger partial charge < -0.3 is 5.32 Å². The van der Waals surface area contributed by atoms with Crippen molar-refractivity contribution in [2.24, 2.45) is 0 Å². The quantitative estimate of drug-likeness (QED) is 0.909. The molecule has 110 valence electrons. The van der Waals surface area contributed by atoms with Crippen molar-refractivity contribution in [2.75, 3.05) is 13.1 Å². The summed E-state index contributed by atoms with van der Waals surface area (Å²) < 4.78 is 13.8. The zero-order valence-corrected chi connectivity index (χ0v) is 12.3. The SMILES string of the molecule is CC(Cc1ccccc1F)N1CCCC1C1CCCN1. The molecule has 2 nitrogen and oxygen atoms in total. The fourth-order valence-electron chi connectivity index (χ4n) is 3.93. The molecule has 3 heteroatoms. The molecule has 0 aromatic heterocycles. The van der Waals surface area contributed by atoms with E-state index in [0.29, 0.717) is 18.1 Å². The highest BCUT2D eigenvalue weighted by atomic mass is 19.1. The van der Waals surface area contributed by atoms with Crippen LogP contribution in [0.25, 0.3) is 0 Å². The average Bonchev–Trinajstić information content (AvgIpc) is 3.11. The van der Waals surface area contributed by atoms with Crippen LogP contribution in [0.3, 0.4) is 0 Å². The molecule has 2 aliphatic heterocycles. The minimum atomic E-state index is -0.0610. The fourth-order valence-corrected chi connectivity index (χ4v) is 3.93. The minimum Gasteiger partial charge on any atom is -0.312 e. The maximum Gasteiger partial charge on any atom is 0.126 e. The Morgan fingerprint density at radius 3 is 2.90 bits per heavy atom. The van der Waals surface area contributed by atoms with E-state index in [1.165, 1.54) is 32.2 Å². The van der Waals surface area contributed by atoms with Gasteiger partial charge in [-0.25, -0.2) is 4.39 Å². The Hall–Kier alpha value is -0.930. The largest absolute Gasteiger partial charge is 0.312 e. The monoisotopic (exact) mass is 276 g/mol. The second-order valence-electron chi connectivity index (χ2n) is 6.29. The van der Waals surface area contributed by atoms with E-state index in [1.807, 2.05) is 12.1 Å². The summed E-state index contributed by atoms with van der Waals surface area (Å²) in [7, 11) is 0. The number of benzene rings is 1. The summed E-state index contributed by atoms with van der Waals surface area (Å²) in [6, 6.07) is 8.92. The highest BCUT2D eigenvalue weighted by Crippen LogP contribution is 2.28. The summed E-state index contributed by atoms with van der Waals surface area (Å²) in [5, 5.41) is 3.64. The van der Waals surface area contributed by atoms with Crippen molar-refractivity contribution in [2.45, 2.75) is 57.2 Å². The molecule has 3 rings (SSSR count). The lowest BCUT2D eigenvalue weighted by atomic mass is 10.0. The van der Waals surface area contributed by atoms with Crippen molar-refractivity contribution in [3.63, 3.8) is 0 Å². The third-order valence-corrected chi connectivity index (χ3v) is 4.94. The fraction of sp³-hybridized carbons (Fsp3) is 0.647. The number of halogens is 1. The Morgan fingerprint density at radius 2 is 2.15 bits per heavy atom. The molecule has 0 radical (unpaired) electrons. The van der Waals surface area contributed by atoms with Crippen LogP contribution in [0.4, 0.5) is 4.39 Å². The van der Waals surface area contributed by atoms with Gasteiger partial charge in [0.1, 0.15) is 5.82 Å². The summed E-state index contributed by atoms with van der Waals surface area (Å²) in [6.45, 7) is 4.58. The van der Waals surface area contributed by atoms with Gasteiger partial charge in [-0.15, -0.1) is 0 Å². The molecule has 2 fully saturated rings. The van der Waals surface area contributed by atoms with Gasteiger partial charge in [-0.1, -0.05) is 18.2 Å². The van der Waals surface area contributed by atoms with E-state index >= 15 is 0 Å². The van der Waals surface area contributed by atoms with Crippen LogP contribution in [0.15, 0.2) is 24.3 Å². The lowest BCUT2D eigenvalue weighted by molar-refractivity contribution is 0.161. The Kier molecular flexibility index (Phi) is 4.37. The first-order chi connectivity index (χ1) is 9.75. The van der Waals surface area contributed by atoms with E-state index in [-0.39, 0.29) is 5.82 Å². The van der Waals surface area contributed by atoms with Crippen molar-refractivity contribution in [3.05, 3.63) is 35.6 Å². The van der Waals surface area contributed by atoms with Crippen molar-refractivity contribution in [3.8, 4) is 0 Å². The smallest absolute Gasteiger partial charge is 0.126 e. The number of likely N-dealkylation sites (tertiary alicyclic amines) is 1. The van der Waals surface area contributed by atoms with Crippen molar-refractivity contribution in [1.82, 2.24) is 10.2 Å². The van der Waals surface area contributed by atoms with Crippen molar-refractivity contribution in [1.29, 1.82) is 0 Å². The van der Waals surface area contributed by atoms with Gasteiger partial charge in [0, 0.05) is 18.1 Å². The third kappa shape index (κ3) is 2.89. The molecule has 0 amide bonds. The maximum atomic E-state index is 13.8. The van der Waals surface area contributed by atoms with Crippen LogP contribution < -0.4 is 5.32 Å². The molecule has 3 atom stereocenters. The molecule has 1 aromatic rings. The van der Waals surface area contributed by atoms with Gasteiger partial charge in [-0.2, -0.15) is 0 Å². The van der Waals surface area contributed by atoms with Gasteiger partial charge in [0.25, 0.3) is 0 Å². The lowest BCUT2D eigenvalue weighted by Gasteiger charge is -2.34. The molecule has 2 aliphatic rings. The van der Waals surface area contributed by atoms with Crippen LogP contribution in [0, 0.1) is 5.82 Å².